The van der Waals surface area contributed by atoms with E-state index in [1.165, 1.54) is 11.8 Å². The van der Waals surface area contributed by atoms with Gasteiger partial charge in [0, 0.05) is 5.92 Å². The van der Waals surface area contributed by atoms with Crippen LogP contribution in [0.5, 0.6) is 0 Å². The van der Waals surface area contributed by atoms with Crippen LogP contribution in [0.1, 0.15) is 35.4 Å². The lowest BCUT2D eigenvalue weighted by atomic mass is 10.1. The molecule has 1 fully saturated rings. The normalized spacial score (nSPS) is 14.4. The van der Waals surface area contributed by atoms with Crippen LogP contribution >= 0.6 is 11.8 Å². The lowest BCUT2D eigenvalue weighted by Gasteiger charge is -2.13. The number of primary amides is 1. The van der Waals surface area contributed by atoms with Crippen molar-refractivity contribution in [1.82, 2.24) is 20.1 Å². The molecule has 1 aliphatic rings. The van der Waals surface area contributed by atoms with Crippen LogP contribution in [0.3, 0.4) is 0 Å². The van der Waals surface area contributed by atoms with Crippen LogP contribution in [0.15, 0.2) is 65.8 Å². The van der Waals surface area contributed by atoms with Crippen molar-refractivity contribution in [3.05, 3.63) is 72.1 Å². The van der Waals surface area contributed by atoms with Crippen molar-refractivity contribution >= 4 is 23.7 Å². The molecule has 3 aromatic rings. The van der Waals surface area contributed by atoms with E-state index in [1.54, 1.807) is 0 Å². The fourth-order valence-corrected chi connectivity index (χ4v) is 3.86. The van der Waals surface area contributed by atoms with Crippen molar-refractivity contribution in [2.24, 2.45) is 5.73 Å². The number of aromatic nitrogens is 3. The summed E-state index contributed by atoms with van der Waals surface area (Å²) < 4.78 is 1.84. The van der Waals surface area contributed by atoms with E-state index in [0.717, 1.165) is 29.9 Å². The monoisotopic (exact) mass is 393 g/mol. The predicted molar refractivity (Wildman–Crippen MR) is 106 cm³/mol. The third-order valence-electron chi connectivity index (χ3n) is 4.37. The fourth-order valence-electron chi connectivity index (χ4n) is 2.91. The van der Waals surface area contributed by atoms with Gasteiger partial charge in [-0.05, 0) is 30.5 Å². The summed E-state index contributed by atoms with van der Waals surface area (Å²) >= 11 is 1.20. The van der Waals surface area contributed by atoms with Crippen LogP contribution in [0.25, 0.3) is 5.69 Å². The van der Waals surface area contributed by atoms with Gasteiger partial charge in [0.2, 0.25) is 11.1 Å². The van der Waals surface area contributed by atoms with Crippen LogP contribution in [-0.2, 0) is 4.79 Å². The van der Waals surface area contributed by atoms with Gasteiger partial charge in [0.25, 0.3) is 0 Å². The van der Waals surface area contributed by atoms with E-state index in [0.29, 0.717) is 11.1 Å². The van der Waals surface area contributed by atoms with Crippen LogP contribution in [0, 0.1) is 0 Å². The number of amides is 3. The molecular formula is C20H19N5O2S. The van der Waals surface area contributed by atoms with Gasteiger partial charge in [-0.25, -0.2) is 14.5 Å². The standard InChI is InChI=1S/C20H19N5O2S/c21-19(27)23-18(26)16(13-7-3-1-4-8-13)28-20-22-17(14-11-12-14)25(24-20)15-9-5-2-6-10-15/h1-10,14,16H,11-12H2,(H3,21,23,26,27). The minimum Gasteiger partial charge on any atom is -0.351 e. The minimum absolute atomic E-state index is 0.386. The number of hydrogen-bond acceptors (Lipinski definition) is 5. The summed E-state index contributed by atoms with van der Waals surface area (Å²) in [5.74, 6) is 0.792. The zero-order valence-electron chi connectivity index (χ0n) is 15.0. The molecule has 1 saturated carbocycles. The number of imide groups is 1. The first-order chi connectivity index (χ1) is 13.6. The second-order valence-corrected chi connectivity index (χ2v) is 7.61. The van der Waals surface area contributed by atoms with Gasteiger partial charge in [0.1, 0.15) is 11.1 Å². The number of thioether (sulfide) groups is 1. The van der Waals surface area contributed by atoms with E-state index in [1.807, 2.05) is 65.3 Å². The molecule has 0 saturated heterocycles. The number of rotatable bonds is 6. The molecule has 7 nitrogen and oxygen atoms in total. The van der Waals surface area contributed by atoms with Crippen molar-refractivity contribution in [1.29, 1.82) is 0 Å². The maximum Gasteiger partial charge on any atom is 0.318 e. The fraction of sp³-hybridized carbons (Fsp3) is 0.200. The summed E-state index contributed by atoms with van der Waals surface area (Å²) in [7, 11) is 0. The van der Waals surface area contributed by atoms with Gasteiger partial charge in [-0.3, -0.25) is 10.1 Å². The molecule has 2 aromatic carbocycles. The number of carbonyl (C=O) groups excluding carboxylic acids is 2. The first-order valence-electron chi connectivity index (χ1n) is 8.96. The topological polar surface area (TPSA) is 103 Å². The quantitative estimate of drug-likeness (QED) is 0.626. The van der Waals surface area contributed by atoms with Crippen molar-refractivity contribution in [3.63, 3.8) is 0 Å². The van der Waals surface area contributed by atoms with E-state index in [9.17, 15) is 9.59 Å². The minimum atomic E-state index is -0.882. The number of urea groups is 1. The Bertz CT molecular complexity index is 986. The van der Waals surface area contributed by atoms with Crippen molar-refractivity contribution in [2.45, 2.75) is 29.2 Å². The molecule has 0 radical (unpaired) electrons. The van der Waals surface area contributed by atoms with Crippen LogP contribution in [-0.4, -0.2) is 26.7 Å². The summed E-state index contributed by atoms with van der Waals surface area (Å²) in [6.45, 7) is 0. The molecule has 1 heterocycles. The summed E-state index contributed by atoms with van der Waals surface area (Å²) in [6.07, 6.45) is 2.17. The van der Waals surface area contributed by atoms with Crippen molar-refractivity contribution in [3.8, 4) is 5.69 Å². The summed E-state index contributed by atoms with van der Waals surface area (Å²) in [6, 6.07) is 18.1. The Kier molecular flexibility index (Phi) is 5.12. The molecule has 0 bridgehead atoms. The highest BCUT2D eigenvalue weighted by Crippen LogP contribution is 2.42. The second-order valence-electron chi connectivity index (χ2n) is 6.54. The summed E-state index contributed by atoms with van der Waals surface area (Å²) in [5, 5.41) is 6.61. The second kappa shape index (κ2) is 7.85. The number of benzene rings is 2. The van der Waals surface area contributed by atoms with Crippen LogP contribution < -0.4 is 11.1 Å². The van der Waals surface area contributed by atoms with Gasteiger partial charge < -0.3 is 5.73 Å². The lowest BCUT2D eigenvalue weighted by molar-refractivity contribution is -0.119. The number of nitrogens with two attached hydrogens (primary N) is 1. The molecule has 1 unspecified atom stereocenters. The smallest absolute Gasteiger partial charge is 0.318 e. The molecular weight excluding hydrogens is 374 g/mol. The Hall–Kier alpha value is -3.13. The summed E-state index contributed by atoms with van der Waals surface area (Å²) in [4.78, 5) is 28.4. The molecule has 0 spiro atoms. The highest BCUT2D eigenvalue weighted by molar-refractivity contribution is 8.00. The number of para-hydroxylation sites is 1. The van der Waals surface area contributed by atoms with Gasteiger partial charge in [0.05, 0.1) is 5.69 Å². The first kappa shape index (κ1) is 18.2. The molecule has 4 rings (SSSR count). The molecule has 1 aromatic heterocycles. The highest BCUT2D eigenvalue weighted by atomic mass is 32.2. The third-order valence-corrected chi connectivity index (χ3v) is 5.47. The number of carbonyl (C=O) groups is 2. The average Bonchev–Trinajstić information content (AvgIpc) is 3.46. The number of nitrogens with one attached hydrogen (secondary N) is 1. The molecule has 8 heteroatoms. The maximum atomic E-state index is 12.6. The Balaban J connectivity index is 1.67. The zero-order valence-corrected chi connectivity index (χ0v) is 15.8. The third kappa shape index (κ3) is 4.07. The Morgan fingerprint density at radius 1 is 1.07 bits per heavy atom. The Labute approximate surface area is 166 Å². The lowest BCUT2D eigenvalue weighted by Crippen LogP contribution is -2.37. The van der Waals surface area contributed by atoms with Gasteiger partial charge in [0.15, 0.2) is 0 Å². The average molecular weight is 393 g/mol. The van der Waals surface area contributed by atoms with E-state index in [-0.39, 0.29) is 0 Å². The van der Waals surface area contributed by atoms with Crippen LogP contribution in [0.4, 0.5) is 4.79 Å². The van der Waals surface area contributed by atoms with Crippen LogP contribution in [0.2, 0.25) is 0 Å². The predicted octanol–water partition coefficient (Wildman–Crippen LogP) is 3.17. The molecule has 3 N–H and O–H groups in total. The number of nitrogens with zero attached hydrogens (tertiary/aromatic N) is 3. The largest absolute Gasteiger partial charge is 0.351 e. The van der Waals surface area contributed by atoms with Gasteiger partial charge in [-0.15, -0.1) is 5.10 Å². The van der Waals surface area contributed by atoms with E-state index < -0.39 is 17.2 Å². The molecule has 142 valence electrons. The molecule has 3 amide bonds. The first-order valence-corrected chi connectivity index (χ1v) is 9.84. The van der Waals surface area contributed by atoms with E-state index >= 15 is 0 Å². The SMILES string of the molecule is NC(=O)NC(=O)C(Sc1nc(C2CC2)n(-c2ccccc2)n1)c1ccccc1. The van der Waals surface area contributed by atoms with Crippen molar-refractivity contribution in [2.75, 3.05) is 0 Å². The molecule has 1 atom stereocenters. The van der Waals surface area contributed by atoms with Gasteiger partial charge in [-0.1, -0.05) is 60.3 Å². The zero-order chi connectivity index (χ0) is 19.5. The molecule has 1 aliphatic carbocycles. The molecule has 0 aliphatic heterocycles. The summed E-state index contributed by atoms with van der Waals surface area (Å²) in [5.41, 5.74) is 6.82. The van der Waals surface area contributed by atoms with Gasteiger partial charge >= 0.3 is 6.03 Å². The highest BCUT2D eigenvalue weighted by Gasteiger charge is 2.32. The Morgan fingerprint density at radius 2 is 1.71 bits per heavy atom. The maximum absolute atomic E-state index is 12.6. The van der Waals surface area contributed by atoms with E-state index in [4.69, 9.17) is 10.7 Å². The van der Waals surface area contributed by atoms with Gasteiger partial charge in [-0.2, -0.15) is 0 Å². The molecule has 28 heavy (non-hydrogen) atoms. The van der Waals surface area contributed by atoms with Crippen molar-refractivity contribution < 1.29 is 9.59 Å². The van der Waals surface area contributed by atoms with E-state index in [2.05, 4.69) is 10.4 Å². The number of hydrogen-bond donors (Lipinski definition) is 2. The Morgan fingerprint density at radius 3 is 2.32 bits per heavy atom.